The van der Waals surface area contributed by atoms with Crippen LogP contribution in [0.25, 0.3) is 16.6 Å². The van der Waals surface area contributed by atoms with Crippen LogP contribution in [-0.4, -0.2) is 23.8 Å². The molecule has 124 valence electrons. The van der Waals surface area contributed by atoms with E-state index >= 15 is 0 Å². The summed E-state index contributed by atoms with van der Waals surface area (Å²) >= 11 is 12.4. The van der Waals surface area contributed by atoms with Gasteiger partial charge in [-0.2, -0.15) is 0 Å². The maximum absolute atomic E-state index is 13.0. The van der Waals surface area contributed by atoms with E-state index in [1.807, 2.05) is 0 Å². The molecule has 0 radical (unpaired) electrons. The molecule has 3 rings (SSSR count). The van der Waals surface area contributed by atoms with Crippen LogP contribution in [0, 0.1) is 6.92 Å². The van der Waals surface area contributed by atoms with Gasteiger partial charge in [0.15, 0.2) is 0 Å². The lowest BCUT2D eigenvalue weighted by Gasteiger charge is -2.15. The van der Waals surface area contributed by atoms with Crippen molar-refractivity contribution in [1.82, 2.24) is 9.55 Å². The quantitative estimate of drug-likeness (QED) is 0.704. The molecule has 0 spiro atoms. The van der Waals surface area contributed by atoms with Crippen LogP contribution >= 0.6 is 23.2 Å². The Kier molecular flexibility index (Phi) is 4.39. The van der Waals surface area contributed by atoms with Crippen LogP contribution in [0.5, 0.6) is 11.5 Å². The number of aromatic nitrogens is 2. The molecule has 0 unspecified atom stereocenters. The van der Waals surface area contributed by atoms with Crippen LogP contribution in [0.4, 0.5) is 0 Å². The predicted molar refractivity (Wildman–Crippen MR) is 95.2 cm³/mol. The molecule has 0 saturated carbocycles. The van der Waals surface area contributed by atoms with Gasteiger partial charge in [-0.15, -0.1) is 0 Å². The zero-order valence-electron chi connectivity index (χ0n) is 13.3. The summed E-state index contributed by atoms with van der Waals surface area (Å²) in [6.45, 7) is 1.73. The zero-order chi connectivity index (χ0) is 17.4. The molecule has 1 aromatic heterocycles. The Morgan fingerprint density at radius 1 is 1.08 bits per heavy atom. The summed E-state index contributed by atoms with van der Waals surface area (Å²) in [5.41, 5.74) is 0.735. The fourth-order valence-corrected chi connectivity index (χ4v) is 2.98. The molecule has 0 fully saturated rings. The van der Waals surface area contributed by atoms with Crippen LogP contribution < -0.4 is 15.0 Å². The number of rotatable bonds is 3. The minimum atomic E-state index is -0.244. The summed E-state index contributed by atoms with van der Waals surface area (Å²) in [6, 6.07) is 8.28. The maximum Gasteiger partial charge on any atom is 0.266 e. The van der Waals surface area contributed by atoms with Crippen molar-refractivity contribution < 1.29 is 9.47 Å². The molecule has 0 aliphatic heterocycles. The highest BCUT2D eigenvalue weighted by Gasteiger charge is 2.17. The molecule has 0 aliphatic rings. The molecule has 1 heterocycles. The molecule has 24 heavy (non-hydrogen) atoms. The van der Waals surface area contributed by atoms with Crippen molar-refractivity contribution in [3.63, 3.8) is 0 Å². The second-order valence-corrected chi connectivity index (χ2v) is 5.94. The highest BCUT2D eigenvalue weighted by Crippen LogP contribution is 2.35. The summed E-state index contributed by atoms with van der Waals surface area (Å²) in [4.78, 5) is 17.4. The van der Waals surface area contributed by atoms with E-state index < -0.39 is 0 Å². The summed E-state index contributed by atoms with van der Waals surface area (Å²) in [7, 11) is 3.03. The standard InChI is InChI=1S/C17H14Cl2N2O3/c1-9-20-13-6-10(18)4-5-12(13)17(22)21(9)14-7-11(23-2)8-15(24-3)16(14)19/h4-8H,1-3H3. The Bertz CT molecular complexity index is 999. The molecule has 5 nitrogen and oxygen atoms in total. The third kappa shape index (κ3) is 2.70. The third-order valence-electron chi connectivity index (χ3n) is 3.69. The van der Waals surface area contributed by atoms with Gasteiger partial charge in [-0.1, -0.05) is 23.2 Å². The highest BCUT2D eigenvalue weighted by molar-refractivity contribution is 6.34. The summed E-state index contributed by atoms with van der Waals surface area (Å²) < 4.78 is 12.0. The zero-order valence-corrected chi connectivity index (χ0v) is 14.8. The lowest BCUT2D eigenvalue weighted by molar-refractivity contribution is 0.394. The van der Waals surface area contributed by atoms with Crippen molar-refractivity contribution in [2.75, 3.05) is 14.2 Å². The van der Waals surface area contributed by atoms with E-state index in [1.54, 1.807) is 37.3 Å². The normalized spacial score (nSPS) is 10.9. The average Bonchev–Trinajstić information content (AvgIpc) is 2.55. The minimum absolute atomic E-state index is 0.244. The topological polar surface area (TPSA) is 53.4 Å². The number of hydrogen-bond donors (Lipinski definition) is 0. The average molecular weight is 365 g/mol. The number of aryl methyl sites for hydroxylation is 1. The molecule has 7 heteroatoms. The molecular weight excluding hydrogens is 351 g/mol. The SMILES string of the molecule is COc1cc(OC)c(Cl)c(-n2c(C)nc3cc(Cl)ccc3c2=O)c1. The number of ether oxygens (including phenoxy) is 2. The Labute approximate surface area is 148 Å². The Balaban J connectivity index is 2.38. The second kappa shape index (κ2) is 6.34. The van der Waals surface area contributed by atoms with Gasteiger partial charge in [-0.3, -0.25) is 9.36 Å². The molecule has 0 atom stereocenters. The fourth-order valence-electron chi connectivity index (χ4n) is 2.54. The van der Waals surface area contributed by atoms with Gasteiger partial charge < -0.3 is 9.47 Å². The van der Waals surface area contributed by atoms with E-state index in [1.165, 1.54) is 18.8 Å². The second-order valence-electron chi connectivity index (χ2n) is 5.12. The van der Waals surface area contributed by atoms with Crippen LogP contribution in [-0.2, 0) is 0 Å². The van der Waals surface area contributed by atoms with Gasteiger partial charge >= 0.3 is 0 Å². The summed E-state index contributed by atoms with van der Waals surface area (Å²) in [6.07, 6.45) is 0. The number of benzene rings is 2. The van der Waals surface area contributed by atoms with Gasteiger partial charge in [0.25, 0.3) is 5.56 Å². The Morgan fingerprint density at radius 2 is 1.83 bits per heavy atom. The smallest absolute Gasteiger partial charge is 0.266 e. The molecular formula is C17H14Cl2N2O3. The first-order chi connectivity index (χ1) is 11.5. The van der Waals surface area contributed by atoms with Crippen molar-refractivity contribution in [3.8, 4) is 17.2 Å². The van der Waals surface area contributed by atoms with Gasteiger partial charge in [-0.25, -0.2) is 4.98 Å². The van der Waals surface area contributed by atoms with Crippen LogP contribution in [0.2, 0.25) is 10.0 Å². The molecule has 0 aliphatic carbocycles. The first kappa shape index (κ1) is 16.6. The van der Waals surface area contributed by atoms with E-state index in [0.717, 1.165) is 0 Å². The van der Waals surface area contributed by atoms with Gasteiger partial charge in [-0.05, 0) is 25.1 Å². The fraction of sp³-hybridized carbons (Fsp3) is 0.176. The van der Waals surface area contributed by atoms with E-state index in [0.29, 0.717) is 44.0 Å². The molecule has 0 bridgehead atoms. The van der Waals surface area contributed by atoms with E-state index in [2.05, 4.69) is 4.98 Å². The number of methoxy groups -OCH3 is 2. The summed E-state index contributed by atoms with van der Waals surface area (Å²) in [5, 5.41) is 1.27. The van der Waals surface area contributed by atoms with Crippen LogP contribution in [0.15, 0.2) is 35.1 Å². The van der Waals surface area contributed by atoms with Crippen molar-refractivity contribution in [2.45, 2.75) is 6.92 Å². The van der Waals surface area contributed by atoms with Crippen LogP contribution in [0.1, 0.15) is 5.82 Å². The van der Waals surface area contributed by atoms with E-state index in [9.17, 15) is 4.79 Å². The molecule has 0 saturated heterocycles. The van der Waals surface area contributed by atoms with Gasteiger partial charge in [0.1, 0.15) is 22.3 Å². The third-order valence-corrected chi connectivity index (χ3v) is 4.30. The van der Waals surface area contributed by atoms with Crippen molar-refractivity contribution in [1.29, 1.82) is 0 Å². The monoisotopic (exact) mass is 364 g/mol. The lowest BCUT2D eigenvalue weighted by Crippen LogP contribution is -2.22. The van der Waals surface area contributed by atoms with Gasteiger partial charge in [0.2, 0.25) is 0 Å². The van der Waals surface area contributed by atoms with Crippen LogP contribution in [0.3, 0.4) is 0 Å². The Hall–Kier alpha value is -2.24. The lowest BCUT2D eigenvalue weighted by atomic mass is 10.2. The number of halogens is 2. The summed E-state index contributed by atoms with van der Waals surface area (Å²) in [5.74, 6) is 1.41. The molecule has 3 aromatic rings. The van der Waals surface area contributed by atoms with E-state index in [-0.39, 0.29) is 5.56 Å². The molecule has 2 aromatic carbocycles. The van der Waals surface area contributed by atoms with Gasteiger partial charge in [0, 0.05) is 17.2 Å². The molecule has 0 N–H and O–H groups in total. The maximum atomic E-state index is 13.0. The minimum Gasteiger partial charge on any atom is -0.497 e. The van der Waals surface area contributed by atoms with Crippen molar-refractivity contribution in [2.24, 2.45) is 0 Å². The van der Waals surface area contributed by atoms with Crippen molar-refractivity contribution in [3.05, 3.63) is 56.6 Å². The first-order valence-electron chi connectivity index (χ1n) is 7.07. The number of nitrogens with zero attached hydrogens (tertiary/aromatic N) is 2. The number of fused-ring (bicyclic) bond motifs is 1. The first-order valence-corrected chi connectivity index (χ1v) is 7.82. The van der Waals surface area contributed by atoms with E-state index in [4.69, 9.17) is 32.7 Å². The molecule has 0 amide bonds. The highest BCUT2D eigenvalue weighted by atomic mass is 35.5. The largest absolute Gasteiger partial charge is 0.497 e. The van der Waals surface area contributed by atoms with Gasteiger partial charge in [0.05, 0.1) is 30.8 Å². The van der Waals surface area contributed by atoms with Crippen molar-refractivity contribution >= 4 is 34.1 Å². The predicted octanol–water partition coefficient (Wildman–Crippen LogP) is 4.02. The Morgan fingerprint density at radius 3 is 2.50 bits per heavy atom. The number of hydrogen-bond acceptors (Lipinski definition) is 4.